The van der Waals surface area contributed by atoms with Gasteiger partial charge in [0.25, 0.3) is 5.91 Å². The van der Waals surface area contributed by atoms with Gasteiger partial charge < -0.3 is 25.6 Å². The Labute approximate surface area is 106 Å². The molecular weight excluding hydrogens is 236 g/mol. The van der Waals surface area contributed by atoms with Crippen molar-refractivity contribution < 1.29 is 19.7 Å². The topological polar surface area (TPSA) is 96.0 Å². The standard InChI is InChI=1S/C12H18N2O4/c1-14(6-9(13)7-18-2)12(17)8-3-4-10(15)11(16)5-8/h3-5,9,15-16H,6-7,13H2,1-2H3. The second-order valence-corrected chi connectivity index (χ2v) is 4.10. The summed E-state index contributed by atoms with van der Waals surface area (Å²) in [4.78, 5) is 13.4. The van der Waals surface area contributed by atoms with E-state index < -0.39 is 0 Å². The van der Waals surface area contributed by atoms with Gasteiger partial charge in [0, 0.05) is 32.3 Å². The summed E-state index contributed by atoms with van der Waals surface area (Å²) in [5.74, 6) is -0.863. The van der Waals surface area contributed by atoms with Crippen molar-refractivity contribution in [3.63, 3.8) is 0 Å². The summed E-state index contributed by atoms with van der Waals surface area (Å²) in [6.07, 6.45) is 0. The number of hydrogen-bond acceptors (Lipinski definition) is 5. The molecule has 18 heavy (non-hydrogen) atoms. The number of hydrogen-bond donors (Lipinski definition) is 3. The van der Waals surface area contributed by atoms with Gasteiger partial charge in [-0.05, 0) is 18.2 Å². The van der Waals surface area contributed by atoms with Gasteiger partial charge >= 0.3 is 0 Å². The minimum absolute atomic E-state index is 0.259. The van der Waals surface area contributed by atoms with Crippen LogP contribution in [-0.4, -0.2) is 54.4 Å². The maximum Gasteiger partial charge on any atom is 0.253 e. The second-order valence-electron chi connectivity index (χ2n) is 4.10. The number of phenols is 2. The first kappa shape index (κ1) is 14.3. The van der Waals surface area contributed by atoms with Gasteiger partial charge in [0.15, 0.2) is 11.5 Å². The Kier molecular flexibility index (Phi) is 4.94. The van der Waals surface area contributed by atoms with E-state index in [0.717, 1.165) is 0 Å². The summed E-state index contributed by atoms with van der Waals surface area (Å²) < 4.78 is 4.89. The Morgan fingerprint density at radius 1 is 1.44 bits per heavy atom. The van der Waals surface area contributed by atoms with Crippen molar-refractivity contribution in [2.75, 3.05) is 27.3 Å². The van der Waals surface area contributed by atoms with Gasteiger partial charge in [-0.15, -0.1) is 0 Å². The van der Waals surface area contributed by atoms with Gasteiger partial charge in [-0.3, -0.25) is 4.79 Å². The smallest absolute Gasteiger partial charge is 0.253 e. The second kappa shape index (κ2) is 6.23. The van der Waals surface area contributed by atoms with E-state index in [-0.39, 0.29) is 29.0 Å². The SMILES string of the molecule is COCC(N)CN(C)C(=O)c1ccc(O)c(O)c1. The first-order chi connectivity index (χ1) is 8.45. The number of rotatable bonds is 5. The average molecular weight is 254 g/mol. The first-order valence-corrected chi connectivity index (χ1v) is 5.47. The molecular formula is C12H18N2O4. The van der Waals surface area contributed by atoms with E-state index in [2.05, 4.69) is 0 Å². The van der Waals surface area contributed by atoms with Crippen molar-refractivity contribution in [2.45, 2.75) is 6.04 Å². The molecule has 6 nitrogen and oxygen atoms in total. The first-order valence-electron chi connectivity index (χ1n) is 5.47. The van der Waals surface area contributed by atoms with Crippen molar-refractivity contribution in [3.05, 3.63) is 23.8 Å². The largest absolute Gasteiger partial charge is 0.504 e. The number of likely N-dealkylation sites (N-methyl/N-ethyl adjacent to an activating group) is 1. The number of amides is 1. The van der Waals surface area contributed by atoms with Crippen molar-refractivity contribution >= 4 is 5.91 Å². The third kappa shape index (κ3) is 3.61. The molecule has 0 aliphatic heterocycles. The molecule has 0 heterocycles. The van der Waals surface area contributed by atoms with Crippen LogP contribution in [0.5, 0.6) is 11.5 Å². The lowest BCUT2D eigenvalue weighted by Crippen LogP contribution is -2.41. The predicted octanol–water partition coefficient (Wildman–Crippen LogP) is 0.143. The maximum absolute atomic E-state index is 12.0. The number of phenolic OH excluding ortho intramolecular Hbond substituents is 2. The summed E-state index contributed by atoms with van der Waals surface area (Å²) >= 11 is 0. The van der Waals surface area contributed by atoms with Crippen LogP contribution in [0.4, 0.5) is 0 Å². The van der Waals surface area contributed by atoms with Crippen LogP contribution in [0.2, 0.25) is 0 Å². The van der Waals surface area contributed by atoms with E-state index in [1.54, 1.807) is 14.2 Å². The summed E-state index contributed by atoms with van der Waals surface area (Å²) in [6, 6.07) is 3.66. The fourth-order valence-electron chi connectivity index (χ4n) is 1.58. The average Bonchev–Trinajstić information content (AvgIpc) is 2.32. The quantitative estimate of drug-likeness (QED) is 0.650. The highest BCUT2D eigenvalue weighted by Crippen LogP contribution is 2.25. The van der Waals surface area contributed by atoms with Crippen LogP contribution in [0.1, 0.15) is 10.4 Å². The Morgan fingerprint density at radius 3 is 2.67 bits per heavy atom. The van der Waals surface area contributed by atoms with Gasteiger partial charge in [0.2, 0.25) is 0 Å². The zero-order chi connectivity index (χ0) is 13.7. The lowest BCUT2D eigenvalue weighted by molar-refractivity contribution is 0.0764. The number of carbonyl (C=O) groups excluding carboxylic acids is 1. The van der Waals surface area contributed by atoms with Crippen LogP contribution in [0.25, 0.3) is 0 Å². The van der Waals surface area contributed by atoms with E-state index in [1.165, 1.54) is 23.1 Å². The molecule has 0 saturated carbocycles. The van der Waals surface area contributed by atoms with Crippen LogP contribution >= 0.6 is 0 Å². The molecule has 1 aromatic rings. The summed E-state index contributed by atoms with van der Waals surface area (Å²) in [5.41, 5.74) is 6.04. The van der Waals surface area contributed by atoms with Crippen molar-refractivity contribution in [1.29, 1.82) is 0 Å². The van der Waals surface area contributed by atoms with Crippen molar-refractivity contribution in [1.82, 2.24) is 4.90 Å². The highest BCUT2D eigenvalue weighted by molar-refractivity contribution is 5.94. The number of carbonyl (C=O) groups is 1. The number of nitrogens with two attached hydrogens (primary N) is 1. The predicted molar refractivity (Wildman–Crippen MR) is 66.6 cm³/mol. The molecule has 100 valence electrons. The molecule has 0 radical (unpaired) electrons. The Morgan fingerprint density at radius 2 is 2.11 bits per heavy atom. The van der Waals surface area contributed by atoms with Gasteiger partial charge in [-0.2, -0.15) is 0 Å². The molecule has 1 aromatic carbocycles. The molecule has 1 unspecified atom stereocenters. The highest BCUT2D eigenvalue weighted by Gasteiger charge is 2.15. The van der Waals surface area contributed by atoms with Crippen LogP contribution < -0.4 is 5.73 Å². The normalized spacial score (nSPS) is 12.2. The fourth-order valence-corrected chi connectivity index (χ4v) is 1.58. The minimum atomic E-state index is -0.324. The maximum atomic E-state index is 12.0. The molecule has 0 aliphatic carbocycles. The third-order valence-electron chi connectivity index (χ3n) is 2.46. The Bertz CT molecular complexity index is 423. The van der Waals surface area contributed by atoms with Gasteiger partial charge in [-0.25, -0.2) is 0 Å². The molecule has 0 bridgehead atoms. The molecule has 1 atom stereocenters. The van der Waals surface area contributed by atoms with E-state index in [1.807, 2.05) is 0 Å². The van der Waals surface area contributed by atoms with E-state index in [4.69, 9.17) is 15.6 Å². The molecule has 4 N–H and O–H groups in total. The van der Waals surface area contributed by atoms with Gasteiger partial charge in [0.1, 0.15) is 0 Å². The van der Waals surface area contributed by atoms with Crippen LogP contribution in [0.15, 0.2) is 18.2 Å². The van der Waals surface area contributed by atoms with E-state index >= 15 is 0 Å². The number of methoxy groups -OCH3 is 1. The lowest BCUT2D eigenvalue weighted by Gasteiger charge is -2.21. The number of aromatic hydroxyl groups is 2. The van der Waals surface area contributed by atoms with Gasteiger partial charge in [-0.1, -0.05) is 0 Å². The van der Waals surface area contributed by atoms with Crippen molar-refractivity contribution in [3.8, 4) is 11.5 Å². The monoisotopic (exact) mass is 254 g/mol. The summed E-state index contributed by atoms with van der Waals surface area (Å²) in [7, 11) is 3.15. The van der Waals surface area contributed by atoms with Crippen molar-refractivity contribution in [2.24, 2.45) is 5.73 Å². The van der Waals surface area contributed by atoms with Crippen LogP contribution in [0, 0.1) is 0 Å². The van der Waals surface area contributed by atoms with Crippen LogP contribution in [-0.2, 0) is 4.74 Å². The Hall–Kier alpha value is -1.79. The minimum Gasteiger partial charge on any atom is -0.504 e. The molecule has 0 saturated heterocycles. The molecule has 1 amide bonds. The fraction of sp³-hybridized carbons (Fsp3) is 0.417. The molecule has 1 rings (SSSR count). The summed E-state index contributed by atoms with van der Waals surface area (Å²) in [6.45, 7) is 0.701. The van der Waals surface area contributed by atoms with Crippen LogP contribution in [0.3, 0.4) is 0 Å². The molecule has 0 fully saturated rings. The number of nitrogens with zero attached hydrogens (tertiary/aromatic N) is 1. The molecule has 6 heteroatoms. The van der Waals surface area contributed by atoms with E-state index in [9.17, 15) is 9.90 Å². The zero-order valence-electron chi connectivity index (χ0n) is 10.5. The summed E-state index contributed by atoms with van der Waals surface area (Å²) in [5, 5.41) is 18.5. The Balaban J connectivity index is 2.71. The molecule has 0 spiro atoms. The third-order valence-corrected chi connectivity index (χ3v) is 2.46. The molecule has 0 aliphatic rings. The number of ether oxygens (including phenoxy) is 1. The lowest BCUT2D eigenvalue weighted by atomic mass is 10.1. The molecule has 0 aromatic heterocycles. The highest BCUT2D eigenvalue weighted by atomic mass is 16.5. The zero-order valence-corrected chi connectivity index (χ0v) is 10.5. The van der Waals surface area contributed by atoms with E-state index in [0.29, 0.717) is 13.2 Å². The van der Waals surface area contributed by atoms with Gasteiger partial charge in [0.05, 0.1) is 6.61 Å². The number of benzene rings is 1.